The monoisotopic (exact) mass is 354 g/mol. The summed E-state index contributed by atoms with van der Waals surface area (Å²) < 4.78 is 13.5. The van der Waals surface area contributed by atoms with Gasteiger partial charge in [0.05, 0.1) is 12.2 Å². The number of carbonyl (C=O) groups excluding carboxylic acids is 1. The van der Waals surface area contributed by atoms with Gasteiger partial charge in [-0.3, -0.25) is 9.78 Å². The summed E-state index contributed by atoms with van der Waals surface area (Å²) in [6.45, 7) is 2.25. The molecule has 6 heteroatoms. The van der Waals surface area contributed by atoms with Crippen LogP contribution in [0.1, 0.15) is 34.8 Å². The van der Waals surface area contributed by atoms with Crippen molar-refractivity contribution < 1.29 is 19.4 Å². The van der Waals surface area contributed by atoms with Gasteiger partial charge in [-0.05, 0) is 29.7 Å². The van der Waals surface area contributed by atoms with Gasteiger partial charge in [0.15, 0.2) is 5.75 Å². The molecule has 1 aromatic heterocycles. The van der Waals surface area contributed by atoms with E-state index in [1.54, 1.807) is 29.3 Å². The first-order valence-electron chi connectivity index (χ1n) is 8.58. The maximum atomic E-state index is 13.5. The SMILES string of the molecule is CC1CC(CN2Cc3c(c(O)c4ncccc4c3CO)C2=O)=CC=C1F. The molecule has 2 heterocycles. The van der Waals surface area contributed by atoms with Gasteiger partial charge in [-0.25, -0.2) is 4.39 Å². The van der Waals surface area contributed by atoms with E-state index in [0.29, 0.717) is 41.5 Å². The van der Waals surface area contributed by atoms with Crippen LogP contribution in [-0.2, 0) is 13.2 Å². The molecule has 1 atom stereocenters. The Hall–Kier alpha value is -2.73. The number of carbonyl (C=O) groups is 1. The molecule has 0 bridgehead atoms. The van der Waals surface area contributed by atoms with E-state index in [0.717, 1.165) is 5.57 Å². The number of halogens is 1. The van der Waals surface area contributed by atoms with Crippen LogP contribution in [0.2, 0.25) is 0 Å². The lowest BCUT2D eigenvalue weighted by Crippen LogP contribution is -2.27. The van der Waals surface area contributed by atoms with Crippen LogP contribution < -0.4 is 0 Å². The molecule has 26 heavy (non-hydrogen) atoms. The molecule has 134 valence electrons. The number of hydrogen-bond acceptors (Lipinski definition) is 4. The van der Waals surface area contributed by atoms with Gasteiger partial charge in [0, 0.05) is 30.6 Å². The smallest absolute Gasteiger partial charge is 0.258 e. The highest BCUT2D eigenvalue weighted by atomic mass is 19.1. The molecule has 2 aliphatic rings. The Balaban J connectivity index is 1.74. The molecule has 2 N–H and O–H groups in total. The summed E-state index contributed by atoms with van der Waals surface area (Å²) in [5.74, 6) is -0.772. The lowest BCUT2D eigenvalue weighted by atomic mass is 9.94. The average Bonchev–Trinajstić information content (AvgIpc) is 2.95. The molecular formula is C20H19FN2O3. The first kappa shape index (κ1) is 16.7. The largest absolute Gasteiger partial charge is 0.505 e. The van der Waals surface area contributed by atoms with Crippen LogP contribution in [0.15, 0.2) is 41.9 Å². The number of pyridine rings is 1. The molecule has 4 rings (SSSR count). The minimum absolute atomic E-state index is 0.141. The number of amides is 1. The van der Waals surface area contributed by atoms with Gasteiger partial charge in [0.1, 0.15) is 11.3 Å². The first-order chi connectivity index (χ1) is 12.5. The van der Waals surface area contributed by atoms with E-state index in [2.05, 4.69) is 4.98 Å². The zero-order valence-electron chi connectivity index (χ0n) is 14.4. The number of phenolic OH excluding ortho intramolecular Hbond substituents is 1. The van der Waals surface area contributed by atoms with Crippen molar-refractivity contribution in [3.63, 3.8) is 0 Å². The quantitative estimate of drug-likeness (QED) is 0.888. The second kappa shape index (κ2) is 6.21. The molecule has 0 saturated heterocycles. The summed E-state index contributed by atoms with van der Waals surface area (Å²) in [6.07, 6.45) is 5.27. The molecule has 0 fully saturated rings. The molecule has 1 aromatic carbocycles. The second-order valence-corrected chi connectivity index (χ2v) is 6.88. The predicted molar refractivity (Wildman–Crippen MR) is 95.1 cm³/mol. The number of aliphatic hydroxyl groups excluding tert-OH is 1. The standard InChI is InChI=1S/C20H19FN2O3/c1-11-7-12(4-5-16(11)21)8-23-9-14-15(10-24)13-3-2-6-22-18(13)19(25)17(14)20(23)26/h2-6,11,24-25H,7-10H2,1H3. The number of aromatic hydroxyl groups is 1. The fourth-order valence-electron chi connectivity index (χ4n) is 3.83. The third-order valence-corrected chi connectivity index (χ3v) is 5.18. The highest BCUT2D eigenvalue weighted by molar-refractivity contribution is 6.07. The Morgan fingerprint density at radius 3 is 2.92 bits per heavy atom. The molecule has 0 spiro atoms. The van der Waals surface area contributed by atoms with Crippen LogP contribution in [0.3, 0.4) is 0 Å². The third kappa shape index (κ3) is 2.49. The van der Waals surface area contributed by atoms with Crippen molar-refractivity contribution in [1.29, 1.82) is 0 Å². The Morgan fingerprint density at radius 1 is 1.38 bits per heavy atom. The van der Waals surface area contributed by atoms with Crippen molar-refractivity contribution in [1.82, 2.24) is 9.88 Å². The van der Waals surface area contributed by atoms with Crippen LogP contribution in [0, 0.1) is 5.92 Å². The minimum Gasteiger partial charge on any atom is -0.505 e. The zero-order chi connectivity index (χ0) is 18.4. The van der Waals surface area contributed by atoms with E-state index in [4.69, 9.17) is 0 Å². The van der Waals surface area contributed by atoms with E-state index < -0.39 is 0 Å². The Kier molecular flexibility index (Phi) is 4.00. The van der Waals surface area contributed by atoms with Gasteiger partial charge in [0.2, 0.25) is 0 Å². The fourth-order valence-corrected chi connectivity index (χ4v) is 3.83. The molecule has 1 aliphatic carbocycles. The molecule has 5 nitrogen and oxygen atoms in total. The average molecular weight is 354 g/mol. The molecule has 1 amide bonds. The van der Waals surface area contributed by atoms with Crippen molar-refractivity contribution >= 4 is 16.8 Å². The summed E-state index contributed by atoms with van der Waals surface area (Å²) in [5, 5.41) is 21.1. The number of allylic oxidation sites excluding steroid dienone is 3. The van der Waals surface area contributed by atoms with Crippen molar-refractivity contribution in [3.8, 4) is 5.75 Å². The number of nitrogens with zero attached hydrogens (tertiary/aromatic N) is 2. The van der Waals surface area contributed by atoms with Crippen molar-refractivity contribution in [2.24, 2.45) is 5.92 Å². The van der Waals surface area contributed by atoms with E-state index in [-0.39, 0.29) is 35.6 Å². The van der Waals surface area contributed by atoms with Gasteiger partial charge in [-0.1, -0.05) is 24.6 Å². The fraction of sp³-hybridized carbons (Fsp3) is 0.300. The predicted octanol–water partition coefficient (Wildman–Crippen LogP) is 3.21. The van der Waals surface area contributed by atoms with Crippen LogP contribution in [0.5, 0.6) is 5.75 Å². The van der Waals surface area contributed by atoms with E-state index in [1.165, 1.54) is 6.08 Å². The number of hydrogen-bond donors (Lipinski definition) is 2. The summed E-state index contributed by atoms with van der Waals surface area (Å²) in [5.41, 5.74) is 2.76. The lowest BCUT2D eigenvalue weighted by Gasteiger charge is -2.22. The van der Waals surface area contributed by atoms with Crippen molar-refractivity contribution in [2.75, 3.05) is 6.54 Å². The van der Waals surface area contributed by atoms with Gasteiger partial charge >= 0.3 is 0 Å². The number of benzene rings is 1. The van der Waals surface area contributed by atoms with E-state index >= 15 is 0 Å². The van der Waals surface area contributed by atoms with E-state index in [1.807, 2.05) is 6.92 Å². The van der Waals surface area contributed by atoms with Gasteiger partial charge in [-0.2, -0.15) is 0 Å². The number of phenols is 1. The number of aromatic nitrogens is 1. The first-order valence-corrected chi connectivity index (χ1v) is 8.58. The van der Waals surface area contributed by atoms with Gasteiger partial charge in [-0.15, -0.1) is 0 Å². The molecular weight excluding hydrogens is 335 g/mol. The molecule has 1 unspecified atom stereocenters. The normalized spacial score (nSPS) is 19.6. The topological polar surface area (TPSA) is 73.7 Å². The lowest BCUT2D eigenvalue weighted by molar-refractivity contribution is 0.0788. The number of fused-ring (bicyclic) bond motifs is 2. The number of rotatable bonds is 3. The maximum absolute atomic E-state index is 13.5. The summed E-state index contributed by atoms with van der Waals surface area (Å²) >= 11 is 0. The third-order valence-electron chi connectivity index (χ3n) is 5.18. The summed E-state index contributed by atoms with van der Waals surface area (Å²) in [4.78, 5) is 18.7. The summed E-state index contributed by atoms with van der Waals surface area (Å²) in [6, 6.07) is 3.51. The summed E-state index contributed by atoms with van der Waals surface area (Å²) in [7, 11) is 0. The molecule has 0 saturated carbocycles. The molecule has 0 radical (unpaired) electrons. The van der Waals surface area contributed by atoms with Gasteiger partial charge in [0.25, 0.3) is 5.91 Å². The molecule has 1 aliphatic heterocycles. The highest BCUT2D eigenvalue weighted by Crippen LogP contribution is 2.40. The maximum Gasteiger partial charge on any atom is 0.258 e. The Morgan fingerprint density at radius 2 is 2.19 bits per heavy atom. The van der Waals surface area contributed by atoms with E-state index in [9.17, 15) is 19.4 Å². The Labute approximate surface area is 150 Å². The number of aliphatic hydroxyl groups is 1. The van der Waals surface area contributed by atoms with Crippen LogP contribution >= 0.6 is 0 Å². The van der Waals surface area contributed by atoms with Crippen molar-refractivity contribution in [3.05, 3.63) is 58.6 Å². The Bertz CT molecular complexity index is 981. The van der Waals surface area contributed by atoms with Crippen LogP contribution in [0.4, 0.5) is 4.39 Å². The van der Waals surface area contributed by atoms with Gasteiger partial charge < -0.3 is 15.1 Å². The highest BCUT2D eigenvalue weighted by Gasteiger charge is 2.35. The van der Waals surface area contributed by atoms with Crippen molar-refractivity contribution in [2.45, 2.75) is 26.5 Å². The van der Waals surface area contributed by atoms with Crippen LogP contribution in [-0.4, -0.2) is 32.5 Å². The molecule has 2 aromatic rings. The zero-order valence-corrected chi connectivity index (χ0v) is 14.4. The van der Waals surface area contributed by atoms with Crippen LogP contribution in [0.25, 0.3) is 10.9 Å². The second-order valence-electron chi connectivity index (χ2n) is 6.88. The minimum atomic E-state index is -0.289.